The third-order valence-electron chi connectivity index (χ3n) is 6.88. The van der Waals surface area contributed by atoms with E-state index < -0.39 is 0 Å². The van der Waals surface area contributed by atoms with E-state index in [9.17, 15) is 0 Å². The number of hydrogen-bond donors (Lipinski definition) is 2. The topological polar surface area (TPSA) is 42.5 Å². The Morgan fingerprint density at radius 1 is 0.633 bits per heavy atom. The van der Waals surface area contributed by atoms with Gasteiger partial charge in [-0.2, -0.15) is 0 Å². The molecule has 30 heavy (non-hydrogen) atoms. The molecule has 0 aromatic rings. The summed E-state index contributed by atoms with van der Waals surface area (Å²) in [5.41, 5.74) is 0.648. The Hall–Kier alpha value is -0.160. The highest BCUT2D eigenvalue weighted by atomic mass is 16.5. The standard InChI is InChI=1S/C26H52N2O2/c1-23(2)16-15-21(19-24(3,4)27-23)29-17-13-11-9-10-12-14-18-30-22-20-25(5,6)28-26(22,7)8/h21-22,27-28H,9-20H2,1-8H3. The average molecular weight is 425 g/mol. The molecule has 0 aromatic heterocycles. The number of rotatable bonds is 11. The molecular formula is C26H52N2O2. The minimum atomic E-state index is 0.0852. The third-order valence-corrected chi connectivity index (χ3v) is 6.88. The molecule has 4 nitrogen and oxygen atoms in total. The fourth-order valence-electron chi connectivity index (χ4n) is 5.74. The number of hydrogen-bond acceptors (Lipinski definition) is 4. The van der Waals surface area contributed by atoms with Crippen molar-refractivity contribution in [2.75, 3.05) is 13.2 Å². The molecule has 0 amide bonds. The van der Waals surface area contributed by atoms with Gasteiger partial charge < -0.3 is 20.1 Å². The van der Waals surface area contributed by atoms with Crippen LogP contribution in [0.4, 0.5) is 0 Å². The molecular weight excluding hydrogens is 372 g/mol. The van der Waals surface area contributed by atoms with Gasteiger partial charge in [0.2, 0.25) is 0 Å². The predicted octanol–water partition coefficient (Wildman–Crippen LogP) is 5.98. The van der Waals surface area contributed by atoms with Gasteiger partial charge in [-0.3, -0.25) is 0 Å². The molecule has 2 rings (SSSR count). The quantitative estimate of drug-likeness (QED) is 0.400. The minimum absolute atomic E-state index is 0.0852. The normalized spacial score (nSPS) is 29.6. The Bertz CT molecular complexity index is 513. The van der Waals surface area contributed by atoms with Gasteiger partial charge in [0, 0.05) is 35.4 Å². The van der Waals surface area contributed by atoms with E-state index in [1.165, 1.54) is 51.4 Å². The maximum Gasteiger partial charge on any atom is 0.0768 e. The molecule has 0 aromatic carbocycles. The second kappa shape index (κ2) is 10.6. The zero-order valence-corrected chi connectivity index (χ0v) is 21.5. The first-order valence-corrected chi connectivity index (χ1v) is 12.6. The molecule has 0 aliphatic carbocycles. The summed E-state index contributed by atoms with van der Waals surface area (Å²) in [7, 11) is 0. The fourth-order valence-corrected chi connectivity index (χ4v) is 5.74. The molecule has 2 fully saturated rings. The van der Waals surface area contributed by atoms with Gasteiger partial charge in [0.15, 0.2) is 0 Å². The number of ether oxygens (including phenoxy) is 2. The summed E-state index contributed by atoms with van der Waals surface area (Å²) < 4.78 is 12.5. The molecule has 2 saturated heterocycles. The van der Waals surface area contributed by atoms with Crippen LogP contribution in [0.3, 0.4) is 0 Å². The molecule has 2 aliphatic rings. The molecule has 2 atom stereocenters. The Labute approximate surface area is 187 Å². The van der Waals surface area contributed by atoms with Crippen molar-refractivity contribution in [1.29, 1.82) is 0 Å². The van der Waals surface area contributed by atoms with Crippen molar-refractivity contribution in [1.82, 2.24) is 10.6 Å². The van der Waals surface area contributed by atoms with Crippen LogP contribution >= 0.6 is 0 Å². The zero-order valence-electron chi connectivity index (χ0n) is 21.5. The monoisotopic (exact) mass is 424 g/mol. The largest absolute Gasteiger partial charge is 0.378 e. The maximum atomic E-state index is 6.26. The van der Waals surface area contributed by atoms with E-state index in [1.807, 2.05) is 0 Å². The van der Waals surface area contributed by atoms with Crippen LogP contribution in [0.1, 0.15) is 120 Å². The van der Waals surface area contributed by atoms with Crippen LogP contribution in [0.5, 0.6) is 0 Å². The van der Waals surface area contributed by atoms with Crippen LogP contribution in [0, 0.1) is 0 Å². The highest BCUT2D eigenvalue weighted by molar-refractivity contribution is 5.04. The first kappa shape index (κ1) is 26.1. The maximum absolute atomic E-state index is 6.26. The number of unbranched alkanes of at least 4 members (excludes halogenated alkanes) is 5. The summed E-state index contributed by atoms with van der Waals surface area (Å²) in [6, 6.07) is 0. The van der Waals surface area contributed by atoms with Crippen molar-refractivity contribution in [3.05, 3.63) is 0 Å². The van der Waals surface area contributed by atoms with Gasteiger partial charge in [0.25, 0.3) is 0 Å². The van der Waals surface area contributed by atoms with Gasteiger partial charge in [-0.05, 0) is 93.9 Å². The first-order chi connectivity index (χ1) is 13.8. The SMILES string of the molecule is CC1(C)CCC(OCCCCCCCCOC2CC(C)(C)NC2(C)C)CC(C)(C)N1. The highest BCUT2D eigenvalue weighted by Gasteiger charge is 2.44. The van der Waals surface area contributed by atoms with Crippen molar-refractivity contribution in [3.63, 3.8) is 0 Å². The summed E-state index contributed by atoms with van der Waals surface area (Å²) in [6.07, 6.45) is 12.9. The lowest BCUT2D eigenvalue weighted by Crippen LogP contribution is -2.50. The molecule has 2 unspecified atom stereocenters. The van der Waals surface area contributed by atoms with E-state index in [0.717, 1.165) is 26.1 Å². The van der Waals surface area contributed by atoms with Gasteiger partial charge in [-0.25, -0.2) is 0 Å². The third kappa shape index (κ3) is 9.14. The molecule has 2 N–H and O–H groups in total. The second-order valence-electron chi connectivity index (χ2n) is 12.5. The minimum Gasteiger partial charge on any atom is -0.378 e. The van der Waals surface area contributed by atoms with Gasteiger partial charge in [-0.1, -0.05) is 25.7 Å². The van der Waals surface area contributed by atoms with Crippen LogP contribution in [0.25, 0.3) is 0 Å². The molecule has 178 valence electrons. The predicted molar refractivity (Wildman–Crippen MR) is 128 cm³/mol. The summed E-state index contributed by atoms with van der Waals surface area (Å²) in [6.45, 7) is 20.1. The molecule has 2 aliphatic heterocycles. The van der Waals surface area contributed by atoms with Gasteiger partial charge in [0.1, 0.15) is 0 Å². The van der Waals surface area contributed by atoms with Gasteiger partial charge >= 0.3 is 0 Å². The lowest BCUT2D eigenvalue weighted by atomic mass is 9.96. The molecule has 0 spiro atoms. The number of nitrogens with one attached hydrogen (secondary N) is 2. The van der Waals surface area contributed by atoms with Crippen LogP contribution in [0.15, 0.2) is 0 Å². The second-order valence-corrected chi connectivity index (χ2v) is 12.5. The Morgan fingerprint density at radius 3 is 1.73 bits per heavy atom. The summed E-state index contributed by atoms with van der Waals surface area (Å²) in [4.78, 5) is 0. The Kier molecular flexibility index (Phi) is 9.25. The lowest BCUT2D eigenvalue weighted by molar-refractivity contribution is 0.0176. The van der Waals surface area contributed by atoms with Crippen molar-refractivity contribution in [3.8, 4) is 0 Å². The Balaban J connectivity index is 1.47. The van der Waals surface area contributed by atoms with E-state index in [-0.39, 0.29) is 22.2 Å². The van der Waals surface area contributed by atoms with Crippen molar-refractivity contribution < 1.29 is 9.47 Å². The lowest BCUT2D eigenvalue weighted by Gasteiger charge is -2.34. The molecule has 2 heterocycles. The Morgan fingerprint density at radius 2 is 1.17 bits per heavy atom. The highest BCUT2D eigenvalue weighted by Crippen LogP contribution is 2.33. The van der Waals surface area contributed by atoms with Crippen LogP contribution in [-0.2, 0) is 9.47 Å². The van der Waals surface area contributed by atoms with Crippen molar-refractivity contribution in [2.45, 2.75) is 154 Å². The van der Waals surface area contributed by atoms with E-state index >= 15 is 0 Å². The molecule has 0 bridgehead atoms. The molecule has 0 radical (unpaired) electrons. The zero-order chi connectivity index (χ0) is 22.5. The first-order valence-electron chi connectivity index (χ1n) is 12.6. The average Bonchev–Trinajstić information content (AvgIpc) is 2.71. The van der Waals surface area contributed by atoms with Crippen LogP contribution < -0.4 is 10.6 Å². The van der Waals surface area contributed by atoms with Crippen molar-refractivity contribution in [2.24, 2.45) is 0 Å². The fraction of sp³-hybridized carbons (Fsp3) is 1.00. The van der Waals surface area contributed by atoms with E-state index in [2.05, 4.69) is 66.0 Å². The summed E-state index contributed by atoms with van der Waals surface area (Å²) in [5.74, 6) is 0. The van der Waals surface area contributed by atoms with E-state index in [1.54, 1.807) is 0 Å². The van der Waals surface area contributed by atoms with E-state index in [0.29, 0.717) is 12.2 Å². The smallest absolute Gasteiger partial charge is 0.0768 e. The van der Waals surface area contributed by atoms with Crippen LogP contribution in [0.2, 0.25) is 0 Å². The molecule has 4 heteroatoms. The van der Waals surface area contributed by atoms with Crippen LogP contribution in [-0.4, -0.2) is 47.6 Å². The summed E-state index contributed by atoms with van der Waals surface area (Å²) >= 11 is 0. The summed E-state index contributed by atoms with van der Waals surface area (Å²) in [5, 5.41) is 7.49. The van der Waals surface area contributed by atoms with Gasteiger partial charge in [0.05, 0.1) is 12.2 Å². The van der Waals surface area contributed by atoms with E-state index in [4.69, 9.17) is 9.47 Å². The van der Waals surface area contributed by atoms with Crippen molar-refractivity contribution >= 4 is 0 Å². The molecule has 0 saturated carbocycles. The van der Waals surface area contributed by atoms with Gasteiger partial charge in [-0.15, -0.1) is 0 Å².